The van der Waals surface area contributed by atoms with Gasteiger partial charge in [-0.3, -0.25) is 14.0 Å². The third-order valence-electron chi connectivity index (χ3n) is 6.24. The summed E-state index contributed by atoms with van der Waals surface area (Å²) in [5.74, 6) is -0.278. The SMILES string of the molecule is CCN(c1ccccc1)S(=O)(=O)c1cccc(C(=O)NC[C@@H](c2ccccc2)N2CCCC2)c1. The minimum atomic E-state index is -3.80. The number of hydrogen-bond acceptors (Lipinski definition) is 4. The number of rotatable bonds is 9. The summed E-state index contributed by atoms with van der Waals surface area (Å²) in [6.07, 6.45) is 2.32. The van der Waals surface area contributed by atoms with Crippen molar-refractivity contribution in [3.05, 3.63) is 96.1 Å². The number of carbonyl (C=O) groups is 1. The lowest BCUT2D eigenvalue weighted by molar-refractivity contribution is 0.0937. The number of amides is 1. The third kappa shape index (κ3) is 5.32. The van der Waals surface area contributed by atoms with E-state index >= 15 is 0 Å². The molecular formula is C27H31N3O3S. The molecule has 0 aromatic heterocycles. The van der Waals surface area contributed by atoms with Crippen LogP contribution in [0.3, 0.4) is 0 Å². The Labute approximate surface area is 202 Å². The molecule has 0 aliphatic carbocycles. The second-order valence-electron chi connectivity index (χ2n) is 8.41. The number of sulfonamides is 1. The van der Waals surface area contributed by atoms with E-state index in [0.29, 0.717) is 17.8 Å². The predicted molar refractivity (Wildman–Crippen MR) is 135 cm³/mol. The maximum Gasteiger partial charge on any atom is 0.264 e. The fourth-order valence-corrected chi connectivity index (χ4v) is 6.01. The van der Waals surface area contributed by atoms with Gasteiger partial charge in [-0.1, -0.05) is 54.6 Å². The normalized spacial score (nSPS) is 15.1. The number of para-hydroxylation sites is 1. The van der Waals surface area contributed by atoms with Crippen molar-refractivity contribution in [1.29, 1.82) is 0 Å². The lowest BCUT2D eigenvalue weighted by Gasteiger charge is -2.28. The fraction of sp³-hybridized carbons (Fsp3) is 0.296. The van der Waals surface area contributed by atoms with Gasteiger partial charge in [-0.2, -0.15) is 0 Å². The molecule has 1 heterocycles. The van der Waals surface area contributed by atoms with E-state index in [1.165, 1.54) is 22.0 Å². The van der Waals surface area contributed by atoms with Gasteiger partial charge in [-0.05, 0) is 68.8 Å². The zero-order valence-corrected chi connectivity index (χ0v) is 20.2. The number of carbonyl (C=O) groups excluding carboxylic acids is 1. The number of anilines is 1. The van der Waals surface area contributed by atoms with Crippen LogP contribution >= 0.6 is 0 Å². The Bertz CT molecular complexity index is 1190. The Kier molecular flexibility index (Phi) is 7.65. The quantitative estimate of drug-likeness (QED) is 0.494. The van der Waals surface area contributed by atoms with E-state index in [-0.39, 0.29) is 23.4 Å². The first-order chi connectivity index (χ1) is 16.5. The van der Waals surface area contributed by atoms with Crippen LogP contribution in [0.2, 0.25) is 0 Å². The van der Waals surface area contributed by atoms with E-state index in [2.05, 4.69) is 22.3 Å². The molecule has 0 spiro atoms. The molecule has 1 fully saturated rings. The Balaban J connectivity index is 1.52. The van der Waals surface area contributed by atoms with E-state index in [1.54, 1.807) is 43.3 Å². The molecule has 1 aliphatic heterocycles. The third-order valence-corrected chi connectivity index (χ3v) is 8.14. The Morgan fingerprint density at radius 3 is 2.24 bits per heavy atom. The Morgan fingerprint density at radius 1 is 0.941 bits per heavy atom. The van der Waals surface area contributed by atoms with Gasteiger partial charge in [0.1, 0.15) is 0 Å². The van der Waals surface area contributed by atoms with Gasteiger partial charge in [0, 0.05) is 18.7 Å². The first-order valence-electron chi connectivity index (χ1n) is 11.8. The molecule has 6 nitrogen and oxygen atoms in total. The molecule has 1 aliphatic rings. The summed E-state index contributed by atoms with van der Waals surface area (Å²) in [7, 11) is -3.80. The van der Waals surface area contributed by atoms with Gasteiger partial charge in [-0.15, -0.1) is 0 Å². The van der Waals surface area contributed by atoms with Crippen molar-refractivity contribution < 1.29 is 13.2 Å². The van der Waals surface area contributed by atoms with Gasteiger partial charge in [-0.25, -0.2) is 8.42 Å². The Hall–Kier alpha value is -3.16. The number of nitrogens with one attached hydrogen (secondary N) is 1. The average Bonchev–Trinajstić information content (AvgIpc) is 3.40. The number of hydrogen-bond donors (Lipinski definition) is 1. The highest BCUT2D eigenvalue weighted by Gasteiger charge is 2.26. The van der Waals surface area contributed by atoms with Gasteiger partial charge in [0.25, 0.3) is 15.9 Å². The number of nitrogens with zero attached hydrogens (tertiary/aromatic N) is 2. The van der Waals surface area contributed by atoms with Crippen LogP contribution in [0.25, 0.3) is 0 Å². The standard InChI is InChI=1S/C27H31N3O3S/c1-2-30(24-15-7-4-8-16-24)34(32,33)25-17-11-14-23(20-25)27(31)28-21-26(29-18-9-10-19-29)22-12-5-3-6-13-22/h3-8,11-17,20,26H,2,9-10,18-19,21H2,1H3,(H,28,31)/t26-/m0/s1. The molecule has 7 heteroatoms. The van der Waals surface area contributed by atoms with Crippen molar-refractivity contribution in [3.63, 3.8) is 0 Å². The summed E-state index contributed by atoms with van der Waals surface area (Å²) < 4.78 is 28.1. The van der Waals surface area contributed by atoms with Gasteiger partial charge >= 0.3 is 0 Å². The van der Waals surface area contributed by atoms with E-state index < -0.39 is 10.0 Å². The van der Waals surface area contributed by atoms with Crippen LogP contribution in [-0.2, 0) is 10.0 Å². The fourth-order valence-electron chi connectivity index (χ4n) is 4.49. The van der Waals surface area contributed by atoms with E-state index in [9.17, 15) is 13.2 Å². The van der Waals surface area contributed by atoms with Crippen LogP contribution in [0.4, 0.5) is 5.69 Å². The van der Waals surface area contributed by atoms with E-state index in [0.717, 1.165) is 25.9 Å². The van der Waals surface area contributed by atoms with Crippen LogP contribution in [-0.4, -0.2) is 45.4 Å². The zero-order valence-electron chi connectivity index (χ0n) is 19.4. The topological polar surface area (TPSA) is 69.7 Å². The molecule has 0 radical (unpaired) electrons. The second kappa shape index (κ2) is 10.8. The summed E-state index contributed by atoms with van der Waals surface area (Å²) in [5.41, 5.74) is 2.09. The molecule has 3 aromatic rings. The molecule has 1 amide bonds. The molecule has 178 valence electrons. The van der Waals surface area contributed by atoms with Gasteiger partial charge in [0.15, 0.2) is 0 Å². The minimum Gasteiger partial charge on any atom is -0.350 e. The van der Waals surface area contributed by atoms with E-state index in [4.69, 9.17) is 0 Å². The van der Waals surface area contributed by atoms with Crippen molar-refractivity contribution in [3.8, 4) is 0 Å². The molecule has 1 atom stereocenters. The van der Waals surface area contributed by atoms with Crippen LogP contribution in [0, 0.1) is 0 Å². The monoisotopic (exact) mass is 477 g/mol. The first kappa shape index (κ1) is 24.0. The zero-order chi connectivity index (χ0) is 24.0. The van der Waals surface area contributed by atoms with Crippen LogP contribution < -0.4 is 9.62 Å². The first-order valence-corrected chi connectivity index (χ1v) is 13.2. The molecule has 0 unspecified atom stereocenters. The summed E-state index contributed by atoms with van der Waals surface area (Å²) in [4.78, 5) is 15.5. The summed E-state index contributed by atoms with van der Waals surface area (Å²) in [5, 5.41) is 3.04. The van der Waals surface area contributed by atoms with Crippen LogP contribution in [0.1, 0.15) is 41.7 Å². The highest BCUT2D eigenvalue weighted by Crippen LogP contribution is 2.26. The molecule has 4 rings (SSSR count). The molecule has 0 saturated carbocycles. The number of benzene rings is 3. The van der Waals surface area contributed by atoms with Crippen molar-refractivity contribution >= 4 is 21.6 Å². The largest absolute Gasteiger partial charge is 0.350 e. The lowest BCUT2D eigenvalue weighted by Crippen LogP contribution is -2.37. The van der Waals surface area contributed by atoms with Gasteiger partial charge in [0.05, 0.1) is 16.6 Å². The highest BCUT2D eigenvalue weighted by molar-refractivity contribution is 7.92. The predicted octanol–water partition coefficient (Wildman–Crippen LogP) is 4.47. The van der Waals surface area contributed by atoms with Crippen molar-refractivity contribution in [2.45, 2.75) is 30.7 Å². The summed E-state index contributed by atoms with van der Waals surface area (Å²) in [6.45, 7) is 4.57. The van der Waals surface area contributed by atoms with Crippen LogP contribution in [0.5, 0.6) is 0 Å². The van der Waals surface area contributed by atoms with Crippen molar-refractivity contribution in [1.82, 2.24) is 10.2 Å². The lowest BCUT2D eigenvalue weighted by atomic mass is 10.1. The molecule has 1 N–H and O–H groups in total. The maximum atomic E-state index is 13.4. The molecular weight excluding hydrogens is 446 g/mol. The van der Waals surface area contributed by atoms with Crippen molar-refractivity contribution in [2.75, 3.05) is 30.5 Å². The second-order valence-corrected chi connectivity index (χ2v) is 10.3. The summed E-state index contributed by atoms with van der Waals surface area (Å²) >= 11 is 0. The molecule has 0 bridgehead atoms. The van der Waals surface area contributed by atoms with Crippen molar-refractivity contribution in [2.24, 2.45) is 0 Å². The minimum absolute atomic E-state index is 0.0910. The van der Waals surface area contributed by atoms with Crippen LogP contribution in [0.15, 0.2) is 89.8 Å². The molecule has 34 heavy (non-hydrogen) atoms. The molecule has 3 aromatic carbocycles. The van der Waals surface area contributed by atoms with E-state index in [1.807, 2.05) is 24.3 Å². The Morgan fingerprint density at radius 2 is 1.59 bits per heavy atom. The smallest absolute Gasteiger partial charge is 0.264 e. The number of likely N-dealkylation sites (tertiary alicyclic amines) is 1. The van der Waals surface area contributed by atoms with Gasteiger partial charge in [0.2, 0.25) is 0 Å². The average molecular weight is 478 g/mol. The maximum absolute atomic E-state index is 13.4. The molecule has 1 saturated heterocycles. The highest BCUT2D eigenvalue weighted by atomic mass is 32.2. The summed E-state index contributed by atoms with van der Waals surface area (Å²) in [6, 6.07) is 25.5. The van der Waals surface area contributed by atoms with Gasteiger partial charge < -0.3 is 5.32 Å².